The zero-order valence-corrected chi connectivity index (χ0v) is 17.4. The van der Waals surface area contributed by atoms with Crippen molar-refractivity contribution in [2.24, 2.45) is 0 Å². The molecule has 0 heterocycles. The van der Waals surface area contributed by atoms with Crippen molar-refractivity contribution in [3.63, 3.8) is 0 Å². The van der Waals surface area contributed by atoms with Crippen molar-refractivity contribution < 1.29 is 27.2 Å². The Hall–Kier alpha value is -3.30. The first-order chi connectivity index (χ1) is 14.7. The summed E-state index contributed by atoms with van der Waals surface area (Å²) < 4.78 is 54.9. The van der Waals surface area contributed by atoms with Gasteiger partial charge in [0.2, 0.25) is 5.91 Å². The van der Waals surface area contributed by atoms with Crippen LogP contribution in [0.25, 0.3) is 0 Å². The first-order valence-corrected chi connectivity index (χ1v) is 10.7. The summed E-state index contributed by atoms with van der Waals surface area (Å²) in [6.45, 7) is 1.38. The lowest BCUT2D eigenvalue weighted by atomic mass is 10.1. The van der Waals surface area contributed by atoms with E-state index in [1.54, 1.807) is 12.1 Å². The Labute approximate surface area is 178 Å². The van der Waals surface area contributed by atoms with Gasteiger partial charge in [0.25, 0.3) is 10.0 Å². The molecule has 0 atom stereocenters. The summed E-state index contributed by atoms with van der Waals surface area (Å²) in [6, 6.07) is 15.1. The van der Waals surface area contributed by atoms with Crippen LogP contribution in [-0.2, 0) is 27.8 Å². The summed E-state index contributed by atoms with van der Waals surface area (Å²) in [6.07, 6.45) is -0.0847. The molecule has 2 N–H and O–H groups in total. The maximum atomic E-state index is 13.7. The van der Waals surface area contributed by atoms with Crippen molar-refractivity contribution in [1.82, 2.24) is 5.48 Å². The van der Waals surface area contributed by atoms with Gasteiger partial charge in [0, 0.05) is 0 Å². The number of nitrogens with one attached hydrogen (secondary N) is 1. The molecule has 0 radical (unpaired) electrons. The van der Waals surface area contributed by atoms with E-state index in [1.165, 1.54) is 60.9 Å². The van der Waals surface area contributed by atoms with Gasteiger partial charge in [-0.2, -0.15) is 0 Å². The standard InChI is InChI=1S/C22H20F2N2O4S/c1-15-12-20(10-11-21(15)24)31(29,30)26(14-17-2-6-18(23)7-3-17)19-8-4-16(5-9-19)13-22(27)25-28/h2-12,28H,13-14H2,1H3,(H,25,27). The number of amides is 1. The third kappa shape index (κ3) is 5.25. The van der Waals surface area contributed by atoms with Gasteiger partial charge in [-0.15, -0.1) is 0 Å². The minimum absolute atomic E-state index is 0.0847. The Kier molecular flexibility index (Phi) is 6.67. The lowest BCUT2D eigenvalue weighted by molar-refractivity contribution is -0.128. The molecule has 3 rings (SSSR count). The number of rotatable bonds is 7. The number of hydroxylamine groups is 1. The van der Waals surface area contributed by atoms with Crippen LogP contribution in [-0.4, -0.2) is 19.5 Å². The van der Waals surface area contributed by atoms with Gasteiger partial charge in [-0.3, -0.25) is 14.3 Å². The summed E-state index contributed by atoms with van der Waals surface area (Å²) in [5.41, 5.74) is 3.14. The van der Waals surface area contributed by atoms with Gasteiger partial charge in [-0.05, 0) is 66.1 Å². The second-order valence-electron chi connectivity index (χ2n) is 6.93. The van der Waals surface area contributed by atoms with E-state index < -0.39 is 27.6 Å². The van der Waals surface area contributed by atoms with E-state index in [0.29, 0.717) is 16.8 Å². The Bertz CT molecular complexity index is 1180. The highest BCUT2D eigenvalue weighted by Crippen LogP contribution is 2.27. The molecule has 0 aliphatic heterocycles. The smallest absolute Gasteiger partial charge is 0.264 e. The second-order valence-corrected chi connectivity index (χ2v) is 8.79. The topological polar surface area (TPSA) is 86.7 Å². The molecule has 31 heavy (non-hydrogen) atoms. The summed E-state index contributed by atoms with van der Waals surface area (Å²) in [5.74, 6) is -1.57. The maximum Gasteiger partial charge on any atom is 0.264 e. The maximum absolute atomic E-state index is 13.7. The SMILES string of the molecule is Cc1cc(S(=O)(=O)N(Cc2ccc(F)cc2)c2ccc(CC(=O)NO)cc2)ccc1F. The largest absolute Gasteiger partial charge is 0.289 e. The first kappa shape index (κ1) is 22.4. The predicted octanol–water partition coefficient (Wildman–Crippen LogP) is 3.72. The third-order valence-corrected chi connectivity index (χ3v) is 6.44. The lowest BCUT2D eigenvalue weighted by Crippen LogP contribution is -2.30. The first-order valence-electron chi connectivity index (χ1n) is 9.26. The molecule has 3 aromatic rings. The van der Waals surface area contributed by atoms with E-state index in [4.69, 9.17) is 5.21 Å². The van der Waals surface area contributed by atoms with E-state index in [9.17, 15) is 22.0 Å². The Morgan fingerprint density at radius 3 is 2.16 bits per heavy atom. The van der Waals surface area contributed by atoms with Crippen molar-refractivity contribution >= 4 is 21.6 Å². The number of hydrogen-bond donors (Lipinski definition) is 2. The fourth-order valence-corrected chi connectivity index (χ4v) is 4.52. The average molecular weight is 446 g/mol. The molecule has 162 valence electrons. The summed E-state index contributed by atoms with van der Waals surface area (Å²) in [4.78, 5) is 11.3. The fraction of sp³-hybridized carbons (Fsp3) is 0.136. The molecule has 0 saturated heterocycles. The minimum atomic E-state index is -4.09. The van der Waals surface area contributed by atoms with Crippen LogP contribution in [0.15, 0.2) is 71.6 Å². The van der Waals surface area contributed by atoms with Crippen molar-refractivity contribution in [2.75, 3.05) is 4.31 Å². The van der Waals surface area contributed by atoms with E-state index >= 15 is 0 Å². The third-order valence-electron chi connectivity index (χ3n) is 4.67. The van der Waals surface area contributed by atoms with Crippen LogP contribution in [0.3, 0.4) is 0 Å². The van der Waals surface area contributed by atoms with Gasteiger partial charge in [0.15, 0.2) is 0 Å². The monoisotopic (exact) mass is 446 g/mol. The Morgan fingerprint density at radius 2 is 1.58 bits per heavy atom. The molecule has 0 aliphatic rings. The molecule has 1 amide bonds. The molecule has 0 saturated carbocycles. The molecule has 0 aliphatic carbocycles. The number of carbonyl (C=O) groups excluding carboxylic acids is 1. The highest BCUT2D eigenvalue weighted by molar-refractivity contribution is 7.92. The predicted molar refractivity (Wildman–Crippen MR) is 111 cm³/mol. The number of nitrogens with zero attached hydrogens (tertiary/aromatic N) is 1. The zero-order chi connectivity index (χ0) is 22.6. The van der Waals surface area contributed by atoms with Crippen LogP contribution in [0.2, 0.25) is 0 Å². The van der Waals surface area contributed by atoms with E-state index in [-0.39, 0.29) is 23.4 Å². The fourth-order valence-electron chi connectivity index (χ4n) is 2.98. The second kappa shape index (κ2) is 9.23. The van der Waals surface area contributed by atoms with Crippen LogP contribution in [0, 0.1) is 18.6 Å². The summed E-state index contributed by atoms with van der Waals surface area (Å²) >= 11 is 0. The molecule has 9 heteroatoms. The average Bonchev–Trinajstić information content (AvgIpc) is 2.75. The number of benzene rings is 3. The number of sulfonamides is 1. The normalized spacial score (nSPS) is 11.2. The molecular weight excluding hydrogens is 426 g/mol. The molecule has 0 fully saturated rings. The number of halogens is 2. The van der Waals surface area contributed by atoms with Crippen LogP contribution < -0.4 is 9.79 Å². The number of anilines is 1. The van der Waals surface area contributed by atoms with Gasteiger partial charge in [0.05, 0.1) is 23.5 Å². The number of carbonyl (C=O) groups is 1. The van der Waals surface area contributed by atoms with Crippen LogP contribution in [0.4, 0.5) is 14.5 Å². The van der Waals surface area contributed by atoms with Gasteiger partial charge in [-0.25, -0.2) is 22.7 Å². The molecule has 0 bridgehead atoms. The zero-order valence-electron chi connectivity index (χ0n) is 16.5. The summed E-state index contributed by atoms with van der Waals surface area (Å²) in [5, 5.41) is 8.66. The van der Waals surface area contributed by atoms with Crippen LogP contribution in [0.5, 0.6) is 0 Å². The minimum Gasteiger partial charge on any atom is -0.289 e. The van der Waals surface area contributed by atoms with Gasteiger partial charge in [-0.1, -0.05) is 24.3 Å². The highest BCUT2D eigenvalue weighted by atomic mass is 32.2. The van der Waals surface area contributed by atoms with Gasteiger partial charge in [0.1, 0.15) is 11.6 Å². The van der Waals surface area contributed by atoms with Gasteiger partial charge >= 0.3 is 0 Å². The molecule has 0 unspecified atom stereocenters. The molecule has 6 nitrogen and oxygen atoms in total. The molecular formula is C22H20F2N2O4S. The van der Waals surface area contributed by atoms with Crippen LogP contribution in [0.1, 0.15) is 16.7 Å². The molecule has 3 aromatic carbocycles. The van der Waals surface area contributed by atoms with Crippen molar-refractivity contribution in [3.8, 4) is 0 Å². The quantitative estimate of drug-likeness (QED) is 0.428. The van der Waals surface area contributed by atoms with Gasteiger partial charge < -0.3 is 0 Å². The van der Waals surface area contributed by atoms with E-state index in [1.807, 2.05) is 0 Å². The molecule has 0 aromatic heterocycles. The Morgan fingerprint density at radius 1 is 0.968 bits per heavy atom. The Balaban J connectivity index is 2.02. The van der Waals surface area contributed by atoms with E-state index in [2.05, 4.69) is 0 Å². The van der Waals surface area contributed by atoms with Crippen molar-refractivity contribution in [1.29, 1.82) is 0 Å². The highest BCUT2D eigenvalue weighted by Gasteiger charge is 2.26. The van der Waals surface area contributed by atoms with E-state index in [0.717, 1.165) is 10.4 Å². The number of aryl methyl sites for hydroxylation is 1. The molecule has 0 spiro atoms. The van der Waals surface area contributed by atoms with Crippen molar-refractivity contribution in [3.05, 3.63) is 95.1 Å². The number of hydrogen-bond acceptors (Lipinski definition) is 4. The van der Waals surface area contributed by atoms with Crippen LogP contribution >= 0.6 is 0 Å². The summed E-state index contributed by atoms with van der Waals surface area (Å²) in [7, 11) is -4.09. The van der Waals surface area contributed by atoms with Crippen molar-refractivity contribution in [2.45, 2.75) is 24.8 Å². The lowest BCUT2D eigenvalue weighted by Gasteiger charge is -2.25.